The van der Waals surface area contributed by atoms with Gasteiger partial charge in [0.1, 0.15) is 17.3 Å². The predicted molar refractivity (Wildman–Crippen MR) is 134 cm³/mol. The molecule has 5 rings (SSSR count). The van der Waals surface area contributed by atoms with Crippen LogP contribution in [0.2, 0.25) is 0 Å². The Morgan fingerprint density at radius 3 is 2.53 bits per heavy atom. The van der Waals surface area contributed by atoms with Crippen LogP contribution in [0.15, 0.2) is 72.8 Å². The molecule has 0 radical (unpaired) electrons. The minimum atomic E-state index is 0.0158. The van der Waals surface area contributed by atoms with E-state index in [1.54, 1.807) is 7.11 Å². The Balaban J connectivity index is 1.37. The van der Waals surface area contributed by atoms with Crippen LogP contribution in [0.4, 0.5) is 5.69 Å². The van der Waals surface area contributed by atoms with Crippen molar-refractivity contribution in [2.75, 3.05) is 25.2 Å². The number of anilines is 1. The third-order valence-electron chi connectivity index (χ3n) is 6.43. The number of benzene rings is 3. The first-order valence-electron chi connectivity index (χ1n) is 11.7. The lowest BCUT2D eigenvalue weighted by Crippen LogP contribution is -2.25. The standard InChI is InChI=1S/C28H29N3O3/c1-20-10-3-7-14-25(20)34-17-9-16-30-23-12-5-4-11-22(23)29-28(30)21-18-27(32)31(19-21)24-13-6-8-15-26(24)33-2/h3-8,10-15,21H,9,16-19H2,1-2H3. The second-order valence-corrected chi connectivity index (χ2v) is 8.66. The number of amides is 1. The lowest BCUT2D eigenvalue weighted by atomic mass is 10.1. The van der Waals surface area contributed by atoms with Gasteiger partial charge in [0, 0.05) is 25.4 Å². The fourth-order valence-electron chi connectivity index (χ4n) is 4.73. The Labute approximate surface area is 199 Å². The molecule has 1 saturated heterocycles. The van der Waals surface area contributed by atoms with Gasteiger partial charge in [0.2, 0.25) is 5.91 Å². The topological polar surface area (TPSA) is 56.6 Å². The van der Waals surface area contributed by atoms with Crippen LogP contribution >= 0.6 is 0 Å². The molecule has 0 spiro atoms. The second-order valence-electron chi connectivity index (χ2n) is 8.66. The van der Waals surface area contributed by atoms with Gasteiger partial charge >= 0.3 is 0 Å². The van der Waals surface area contributed by atoms with Crippen molar-refractivity contribution in [2.24, 2.45) is 0 Å². The van der Waals surface area contributed by atoms with Crippen LogP contribution in [0, 0.1) is 6.92 Å². The molecule has 1 fully saturated rings. The summed E-state index contributed by atoms with van der Waals surface area (Å²) >= 11 is 0. The number of ether oxygens (including phenoxy) is 2. The van der Waals surface area contributed by atoms with E-state index in [1.165, 1.54) is 0 Å². The van der Waals surface area contributed by atoms with Gasteiger partial charge < -0.3 is 18.9 Å². The summed E-state index contributed by atoms with van der Waals surface area (Å²) in [6.45, 7) is 4.04. The molecule has 34 heavy (non-hydrogen) atoms. The quantitative estimate of drug-likeness (QED) is 0.337. The number of imidazole rings is 1. The number of hydrogen-bond donors (Lipinski definition) is 0. The highest BCUT2D eigenvalue weighted by atomic mass is 16.5. The smallest absolute Gasteiger partial charge is 0.227 e. The van der Waals surface area contributed by atoms with Crippen LogP contribution in [0.3, 0.4) is 0 Å². The Kier molecular flexibility index (Phi) is 6.21. The molecule has 0 saturated carbocycles. The summed E-state index contributed by atoms with van der Waals surface area (Å²) in [5.41, 5.74) is 4.00. The number of fused-ring (bicyclic) bond motifs is 1. The van der Waals surface area contributed by atoms with Gasteiger partial charge in [-0.3, -0.25) is 4.79 Å². The molecular formula is C28H29N3O3. The van der Waals surface area contributed by atoms with Crippen molar-refractivity contribution in [1.29, 1.82) is 0 Å². The minimum absolute atomic E-state index is 0.0158. The number of rotatable bonds is 8. The van der Waals surface area contributed by atoms with E-state index in [-0.39, 0.29) is 11.8 Å². The van der Waals surface area contributed by atoms with Gasteiger partial charge in [-0.1, -0.05) is 42.5 Å². The largest absolute Gasteiger partial charge is 0.495 e. The molecule has 0 aliphatic carbocycles. The molecule has 1 aliphatic heterocycles. The molecule has 1 amide bonds. The first-order valence-corrected chi connectivity index (χ1v) is 11.7. The number of aryl methyl sites for hydroxylation is 2. The highest BCUT2D eigenvalue weighted by molar-refractivity contribution is 5.97. The molecule has 4 aromatic rings. The SMILES string of the molecule is COc1ccccc1N1CC(c2nc3ccccc3n2CCCOc2ccccc2C)CC1=O. The number of aromatic nitrogens is 2. The highest BCUT2D eigenvalue weighted by Gasteiger charge is 2.35. The number of carbonyl (C=O) groups is 1. The van der Waals surface area contributed by atoms with Crippen molar-refractivity contribution in [3.63, 3.8) is 0 Å². The summed E-state index contributed by atoms with van der Waals surface area (Å²) in [6, 6.07) is 23.9. The molecule has 174 valence electrons. The van der Waals surface area contributed by atoms with Gasteiger partial charge in [-0.15, -0.1) is 0 Å². The zero-order valence-corrected chi connectivity index (χ0v) is 19.6. The number of nitrogens with zero attached hydrogens (tertiary/aromatic N) is 3. The lowest BCUT2D eigenvalue weighted by Gasteiger charge is -2.20. The molecule has 0 bridgehead atoms. The molecule has 1 unspecified atom stereocenters. The molecule has 1 atom stereocenters. The number of methoxy groups -OCH3 is 1. The summed E-state index contributed by atoms with van der Waals surface area (Å²) in [5.74, 6) is 2.70. The van der Waals surface area contributed by atoms with E-state index in [0.29, 0.717) is 25.3 Å². The average Bonchev–Trinajstić information content (AvgIpc) is 3.43. The molecule has 3 aromatic carbocycles. The van der Waals surface area contributed by atoms with Gasteiger partial charge in [0.25, 0.3) is 0 Å². The van der Waals surface area contributed by atoms with Crippen LogP contribution in [0.25, 0.3) is 11.0 Å². The van der Waals surface area contributed by atoms with E-state index in [0.717, 1.165) is 46.8 Å². The summed E-state index contributed by atoms with van der Waals surface area (Å²) in [6.07, 6.45) is 1.28. The Hall–Kier alpha value is -3.80. The van der Waals surface area contributed by atoms with Crippen molar-refractivity contribution in [3.05, 3.63) is 84.2 Å². The van der Waals surface area contributed by atoms with Crippen molar-refractivity contribution in [2.45, 2.75) is 32.2 Å². The molecule has 1 aliphatic rings. The van der Waals surface area contributed by atoms with E-state index in [4.69, 9.17) is 14.5 Å². The van der Waals surface area contributed by atoms with E-state index < -0.39 is 0 Å². The third-order valence-corrected chi connectivity index (χ3v) is 6.43. The molecular weight excluding hydrogens is 426 g/mol. The zero-order valence-electron chi connectivity index (χ0n) is 19.6. The molecule has 2 heterocycles. The van der Waals surface area contributed by atoms with E-state index in [2.05, 4.69) is 23.6 Å². The maximum Gasteiger partial charge on any atom is 0.227 e. The van der Waals surface area contributed by atoms with Crippen molar-refractivity contribution in [1.82, 2.24) is 9.55 Å². The van der Waals surface area contributed by atoms with Crippen LogP contribution in [-0.2, 0) is 11.3 Å². The maximum atomic E-state index is 13.0. The Morgan fingerprint density at radius 2 is 1.71 bits per heavy atom. The van der Waals surface area contributed by atoms with Crippen LogP contribution < -0.4 is 14.4 Å². The zero-order chi connectivity index (χ0) is 23.5. The van der Waals surface area contributed by atoms with Crippen LogP contribution in [-0.4, -0.2) is 35.7 Å². The van der Waals surface area contributed by atoms with Crippen molar-refractivity contribution < 1.29 is 14.3 Å². The molecule has 0 N–H and O–H groups in total. The van der Waals surface area contributed by atoms with Crippen molar-refractivity contribution >= 4 is 22.6 Å². The van der Waals surface area contributed by atoms with Gasteiger partial charge in [-0.25, -0.2) is 4.98 Å². The number of para-hydroxylation sites is 5. The third kappa shape index (κ3) is 4.23. The maximum absolute atomic E-state index is 13.0. The summed E-state index contributed by atoms with van der Waals surface area (Å²) < 4.78 is 13.8. The Bertz CT molecular complexity index is 1310. The summed E-state index contributed by atoms with van der Waals surface area (Å²) in [4.78, 5) is 19.8. The summed E-state index contributed by atoms with van der Waals surface area (Å²) in [7, 11) is 1.63. The predicted octanol–water partition coefficient (Wildman–Crippen LogP) is 5.34. The lowest BCUT2D eigenvalue weighted by molar-refractivity contribution is -0.117. The van der Waals surface area contributed by atoms with E-state index in [1.807, 2.05) is 65.6 Å². The van der Waals surface area contributed by atoms with E-state index in [9.17, 15) is 4.79 Å². The Morgan fingerprint density at radius 1 is 0.971 bits per heavy atom. The van der Waals surface area contributed by atoms with E-state index >= 15 is 0 Å². The first-order chi connectivity index (χ1) is 16.7. The normalized spacial score (nSPS) is 15.8. The first kappa shape index (κ1) is 22.0. The molecule has 6 heteroatoms. The van der Waals surface area contributed by atoms with Crippen LogP contribution in [0.1, 0.15) is 30.1 Å². The van der Waals surface area contributed by atoms with Crippen LogP contribution in [0.5, 0.6) is 11.5 Å². The average molecular weight is 456 g/mol. The van der Waals surface area contributed by atoms with Crippen molar-refractivity contribution in [3.8, 4) is 11.5 Å². The second kappa shape index (κ2) is 9.59. The minimum Gasteiger partial charge on any atom is -0.495 e. The molecule has 6 nitrogen and oxygen atoms in total. The van der Waals surface area contributed by atoms with Gasteiger partial charge in [-0.2, -0.15) is 0 Å². The monoisotopic (exact) mass is 455 g/mol. The fourth-order valence-corrected chi connectivity index (χ4v) is 4.73. The number of hydrogen-bond acceptors (Lipinski definition) is 4. The molecule has 1 aromatic heterocycles. The summed E-state index contributed by atoms with van der Waals surface area (Å²) in [5, 5.41) is 0. The van der Waals surface area contributed by atoms with Gasteiger partial charge in [0.05, 0.1) is 30.4 Å². The highest BCUT2D eigenvalue weighted by Crippen LogP contribution is 2.37. The number of carbonyl (C=O) groups excluding carboxylic acids is 1. The van der Waals surface area contributed by atoms with Gasteiger partial charge in [-0.05, 0) is 49.2 Å². The van der Waals surface area contributed by atoms with Gasteiger partial charge in [0.15, 0.2) is 0 Å². The fraction of sp³-hybridized carbons (Fsp3) is 0.286.